The molecule has 0 aliphatic carbocycles. The number of pyridine rings is 1. The fourth-order valence-corrected chi connectivity index (χ4v) is 1.04. The van der Waals surface area contributed by atoms with Gasteiger partial charge in [-0.05, 0) is 12.1 Å². The second kappa shape index (κ2) is 6.76. The lowest BCUT2D eigenvalue weighted by molar-refractivity contribution is 0.0992. The Morgan fingerprint density at radius 1 is 1.53 bits per heavy atom. The normalized spacial score (nSPS) is 9.60. The van der Waals surface area contributed by atoms with Gasteiger partial charge in [0.2, 0.25) is 0 Å². The highest BCUT2D eigenvalue weighted by Crippen LogP contribution is 2.06. The highest BCUT2D eigenvalue weighted by atomic mass is 16.5. The zero-order valence-electron chi connectivity index (χ0n) is 8.31. The van der Waals surface area contributed by atoms with Gasteiger partial charge in [0.25, 0.3) is 0 Å². The summed E-state index contributed by atoms with van der Waals surface area (Å²) in [6.45, 7) is 1.54. The smallest absolute Gasteiger partial charge is 0.142 e. The summed E-state index contributed by atoms with van der Waals surface area (Å²) in [6.07, 6.45) is 1.58. The van der Waals surface area contributed by atoms with E-state index in [1.807, 2.05) is 6.07 Å². The van der Waals surface area contributed by atoms with Crippen molar-refractivity contribution in [3.63, 3.8) is 0 Å². The Hall–Kier alpha value is -1.64. The molecule has 1 aromatic rings. The molecule has 0 spiro atoms. The largest absolute Gasteiger partial charge is 0.394 e. The van der Waals surface area contributed by atoms with Crippen molar-refractivity contribution in [3.05, 3.63) is 24.0 Å². The fourth-order valence-electron chi connectivity index (χ4n) is 1.04. The van der Waals surface area contributed by atoms with Crippen molar-refractivity contribution in [1.82, 2.24) is 4.98 Å². The molecule has 0 saturated carbocycles. The Kier molecular flexibility index (Phi) is 5.15. The SMILES string of the molecule is N#Cc1cc(NCCOCCO)ccn1. The first kappa shape index (κ1) is 11.4. The van der Waals surface area contributed by atoms with Crippen LogP contribution in [0.3, 0.4) is 0 Å². The molecule has 5 nitrogen and oxygen atoms in total. The molecule has 15 heavy (non-hydrogen) atoms. The topological polar surface area (TPSA) is 78.2 Å². The Labute approximate surface area is 88.3 Å². The molecule has 1 rings (SSSR count). The van der Waals surface area contributed by atoms with Crippen LogP contribution >= 0.6 is 0 Å². The summed E-state index contributed by atoms with van der Waals surface area (Å²) in [6, 6.07) is 5.42. The van der Waals surface area contributed by atoms with Crippen LogP contribution in [0.25, 0.3) is 0 Å². The molecule has 5 heteroatoms. The van der Waals surface area contributed by atoms with Crippen molar-refractivity contribution < 1.29 is 9.84 Å². The quantitative estimate of drug-likeness (QED) is 0.659. The van der Waals surface area contributed by atoms with Gasteiger partial charge in [-0.15, -0.1) is 0 Å². The maximum Gasteiger partial charge on any atom is 0.142 e. The molecule has 0 bridgehead atoms. The third kappa shape index (κ3) is 4.40. The number of anilines is 1. The second-order valence-electron chi connectivity index (χ2n) is 2.80. The molecule has 0 aliphatic heterocycles. The molecule has 0 atom stereocenters. The van der Waals surface area contributed by atoms with Crippen molar-refractivity contribution in [2.24, 2.45) is 0 Å². The Bertz CT molecular complexity index is 336. The number of nitrogens with zero attached hydrogens (tertiary/aromatic N) is 2. The van der Waals surface area contributed by atoms with Crippen LogP contribution in [0.5, 0.6) is 0 Å². The molecule has 1 heterocycles. The summed E-state index contributed by atoms with van der Waals surface area (Å²) >= 11 is 0. The maximum atomic E-state index is 8.61. The minimum Gasteiger partial charge on any atom is -0.394 e. The number of nitrogens with one attached hydrogen (secondary N) is 1. The van der Waals surface area contributed by atoms with Crippen molar-refractivity contribution in [1.29, 1.82) is 5.26 Å². The number of hydrogen-bond acceptors (Lipinski definition) is 5. The standard InChI is InChI=1S/C10H13N3O2/c11-8-10-7-9(1-2-12-10)13-3-5-15-6-4-14/h1-2,7,14H,3-6H2,(H,12,13). The molecular weight excluding hydrogens is 194 g/mol. The third-order valence-electron chi connectivity index (χ3n) is 1.69. The van der Waals surface area contributed by atoms with Crippen molar-refractivity contribution in [3.8, 4) is 6.07 Å². The summed E-state index contributed by atoms with van der Waals surface area (Å²) in [5.41, 5.74) is 1.23. The van der Waals surface area contributed by atoms with Gasteiger partial charge in [-0.2, -0.15) is 5.26 Å². The van der Waals surface area contributed by atoms with E-state index in [1.54, 1.807) is 18.3 Å². The van der Waals surface area contributed by atoms with E-state index < -0.39 is 0 Å². The average molecular weight is 207 g/mol. The summed E-state index contributed by atoms with van der Waals surface area (Å²) in [4.78, 5) is 3.85. The van der Waals surface area contributed by atoms with E-state index in [4.69, 9.17) is 15.1 Å². The van der Waals surface area contributed by atoms with E-state index in [0.29, 0.717) is 25.5 Å². The van der Waals surface area contributed by atoms with Gasteiger partial charge in [0.15, 0.2) is 0 Å². The summed E-state index contributed by atoms with van der Waals surface area (Å²) in [7, 11) is 0. The van der Waals surface area contributed by atoms with Crippen LogP contribution < -0.4 is 5.32 Å². The monoisotopic (exact) mass is 207 g/mol. The predicted octanol–water partition coefficient (Wildman–Crippen LogP) is 0.374. The number of hydrogen-bond donors (Lipinski definition) is 2. The van der Waals surface area contributed by atoms with Gasteiger partial charge in [-0.25, -0.2) is 4.98 Å². The number of aliphatic hydroxyl groups excluding tert-OH is 1. The van der Waals surface area contributed by atoms with Gasteiger partial charge < -0.3 is 15.2 Å². The van der Waals surface area contributed by atoms with E-state index in [2.05, 4.69) is 10.3 Å². The van der Waals surface area contributed by atoms with Crippen molar-refractivity contribution in [2.45, 2.75) is 0 Å². The van der Waals surface area contributed by atoms with Gasteiger partial charge >= 0.3 is 0 Å². The molecule has 0 amide bonds. The molecule has 80 valence electrons. The zero-order valence-corrected chi connectivity index (χ0v) is 8.31. The first-order valence-electron chi connectivity index (χ1n) is 4.65. The van der Waals surface area contributed by atoms with E-state index in [1.165, 1.54) is 0 Å². The zero-order chi connectivity index (χ0) is 10.9. The predicted molar refractivity (Wildman–Crippen MR) is 55.3 cm³/mol. The van der Waals surface area contributed by atoms with Crippen molar-refractivity contribution >= 4 is 5.69 Å². The van der Waals surface area contributed by atoms with Crippen LogP contribution in [0.4, 0.5) is 5.69 Å². The van der Waals surface area contributed by atoms with E-state index in [0.717, 1.165) is 5.69 Å². The molecule has 1 aromatic heterocycles. The first-order valence-corrected chi connectivity index (χ1v) is 4.65. The van der Waals surface area contributed by atoms with Crippen LogP contribution in [-0.4, -0.2) is 36.5 Å². The summed E-state index contributed by atoms with van der Waals surface area (Å²) < 4.78 is 5.07. The lowest BCUT2D eigenvalue weighted by Gasteiger charge is -2.06. The minimum absolute atomic E-state index is 0.0356. The highest BCUT2D eigenvalue weighted by molar-refractivity contribution is 5.45. The molecule has 0 unspecified atom stereocenters. The minimum atomic E-state index is 0.0356. The second-order valence-corrected chi connectivity index (χ2v) is 2.80. The Balaban J connectivity index is 2.28. The molecule has 0 fully saturated rings. The molecule has 0 aromatic carbocycles. The van der Waals surface area contributed by atoms with Crippen LogP contribution in [0.2, 0.25) is 0 Å². The van der Waals surface area contributed by atoms with E-state index >= 15 is 0 Å². The molecule has 0 radical (unpaired) electrons. The molecule has 0 aliphatic rings. The number of nitriles is 1. The van der Waals surface area contributed by atoms with Crippen LogP contribution in [0.1, 0.15) is 5.69 Å². The number of aromatic nitrogens is 1. The number of rotatable bonds is 6. The molecule has 2 N–H and O–H groups in total. The maximum absolute atomic E-state index is 8.61. The van der Waals surface area contributed by atoms with Gasteiger partial charge in [-0.3, -0.25) is 0 Å². The van der Waals surface area contributed by atoms with Gasteiger partial charge in [-0.1, -0.05) is 0 Å². The van der Waals surface area contributed by atoms with Gasteiger partial charge in [0, 0.05) is 18.4 Å². The molecule has 0 saturated heterocycles. The van der Waals surface area contributed by atoms with Crippen LogP contribution in [-0.2, 0) is 4.74 Å². The lowest BCUT2D eigenvalue weighted by atomic mass is 10.3. The third-order valence-corrected chi connectivity index (χ3v) is 1.69. The lowest BCUT2D eigenvalue weighted by Crippen LogP contribution is -2.11. The van der Waals surface area contributed by atoms with Crippen LogP contribution in [0.15, 0.2) is 18.3 Å². The Morgan fingerprint density at radius 3 is 3.13 bits per heavy atom. The summed E-state index contributed by atoms with van der Waals surface area (Å²) in [5.74, 6) is 0. The molecular formula is C10H13N3O2. The number of ether oxygens (including phenoxy) is 1. The number of aliphatic hydroxyl groups is 1. The van der Waals surface area contributed by atoms with Gasteiger partial charge in [0.1, 0.15) is 11.8 Å². The highest BCUT2D eigenvalue weighted by Gasteiger charge is 1.94. The average Bonchev–Trinajstić information content (AvgIpc) is 2.29. The van der Waals surface area contributed by atoms with E-state index in [-0.39, 0.29) is 6.61 Å². The van der Waals surface area contributed by atoms with Crippen molar-refractivity contribution in [2.75, 3.05) is 31.7 Å². The first-order chi connectivity index (χ1) is 7.36. The fraction of sp³-hybridized carbons (Fsp3) is 0.400. The Morgan fingerprint density at radius 2 is 2.40 bits per heavy atom. The summed E-state index contributed by atoms with van der Waals surface area (Å²) in [5, 5.41) is 20.2. The van der Waals surface area contributed by atoms with E-state index in [9.17, 15) is 0 Å². The van der Waals surface area contributed by atoms with Gasteiger partial charge in [0.05, 0.1) is 19.8 Å². The van der Waals surface area contributed by atoms with Crippen LogP contribution in [0, 0.1) is 11.3 Å².